The normalized spacial score (nSPS) is 15.2. The van der Waals surface area contributed by atoms with E-state index in [0.29, 0.717) is 25.7 Å². The number of ether oxygens (including phenoxy) is 2. The van der Waals surface area contributed by atoms with Crippen molar-refractivity contribution in [3.63, 3.8) is 0 Å². The predicted molar refractivity (Wildman–Crippen MR) is 138 cm³/mol. The van der Waals surface area contributed by atoms with E-state index in [9.17, 15) is 4.79 Å². The quantitative estimate of drug-likeness (QED) is 0.443. The minimum absolute atomic E-state index is 0.103. The zero-order valence-electron chi connectivity index (χ0n) is 20.2. The van der Waals surface area contributed by atoms with Crippen molar-refractivity contribution in [1.82, 2.24) is 19.5 Å². The Balaban J connectivity index is 1.19. The second-order valence-electron chi connectivity index (χ2n) is 9.08. The molecule has 4 heterocycles. The third kappa shape index (κ3) is 4.45. The Morgan fingerprint density at radius 1 is 1.00 bits per heavy atom. The van der Waals surface area contributed by atoms with Gasteiger partial charge in [-0.2, -0.15) is 4.98 Å². The summed E-state index contributed by atoms with van der Waals surface area (Å²) in [5.41, 5.74) is 4.30. The van der Waals surface area contributed by atoms with Crippen LogP contribution in [0.3, 0.4) is 0 Å². The van der Waals surface area contributed by atoms with Gasteiger partial charge in [-0.3, -0.25) is 9.69 Å². The monoisotopic (exact) mass is 484 g/mol. The first-order valence-corrected chi connectivity index (χ1v) is 12.3. The summed E-state index contributed by atoms with van der Waals surface area (Å²) in [6, 6.07) is 19.5. The highest BCUT2D eigenvalue weighted by molar-refractivity contribution is 5.94. The Morgan fingerprint density at radius 2 is 1.78 bits per heavy atom. The Morgan fingerprint density at radius 3 is 2.58 bits per heavy atom. The van der Waals surface area contributed by atoms with Gasteiger partial charge >= 0.3 is 0 Å². The van der Waals surface area contributed by atoms with Crippen LogP contribution in [0.15, 0.2) is 60.7 Å². The van der Waals surface area contributed by atoms with Crippen LogP contribution in [0, 0.1) is 0 Å². The lowest BCUT2D eigenvalue weighted by molar-refractivity contribution is -0.119. The number of nitrogens with one attached hydrogen (secondary N) is 1. The molecule has 0 aliphatic carbocycles. The summed E-state index contributed by atoms with van der Waals surface area (Å²) in [6.45, 7) is 3.58. The summed E-state index contributed by atoms with van der Waals surface area (Å²) < 4.78 is 13.2. The molecular weight excluding hydrogens is 456 g/mol. The molecule has 0 bridgehead atoms. The van der Waals surface area contributed by atoms with Crippen LogP contribution in [0.25, 0.3) is 16.9 Å². The van der Waals surface area contributed by atoms with E-state index < -0.39 is 0 Å². The number of rotatable bonds is 6. The maximum atomic E-state index is 12.6. The molecule has 2 aromatic heterocycles. The number of pyridine rings is 1. The van der Waals surface area contributed by atoms with E-state index in [4.69, 9.17) is 14.6 Å². The number of hydrogen-bond donors (Lipinski definition) is 1. The number of likely N-dealkylation sites (N-methyl/N-ethyl adjacent to an activating group) is 1. The summed E-state index contributed by atoms with van der Waals surface area (Å²) in [7, 11) is 1.82. The SMILES string of the molecule is CN(C(=O)CN1CCCC1)c1ccc(Nc2nc3cccc(-c4ccc5c(c4)OCCO5)n3n2)cc1. The Hall–Kier alpha value is -4.11. The lowest BCUT2D eigenvalue weighted by atomic mass is 10.1. The van der Waals surface area contributed by atoms with Gasteiger partial charge in [0.1, 0.15) is 13.2 Å². The molecule has 2 aliphatic rings. The molecule has 1 amide bonds. The topological polar surface area (TPSA) is 84.2 Å². The number of anilines is 3. The first-order chi connectivity index (χ1) is 17.6. The number of aromatic nitrogens is 3. The van der Waals surface area contributed by atoms with Crippen LogP contribution < -0.4 is 19.7 Å². The van der Waals surface area contributed by atoms with Crippen LogP contribution in [-0.2, 0) is 4.79 Å². The molecule has 9 nitrogen and oxygen atoms in total. The van der Waals surface area contributed by atoms with Crippen molar-refractivity contribution < 1.29 is 14.3 Å². The average molecular weight is 485 g/mol. The van der Waals surface area contributed by atoms with Gasteiger partial charge in [-0.1, -0.05) is 6.07 Å². The van der Waals surface area contributed by atoms with Crippen LogP contribution in [-0.4, -0.2) is 65.3 Å². The number of carbonyl (C=O) groups is 1. The second-order valence-corrected chi connectivity index (χ2v) is 9.08. The van der Waals surface area contributed by atoms with Crippen molar-refractivity contribution >= 4 is 28.9 Å². The molecule has 1 N–H and O–H groups in total. The van der Waals surface area contributed by atoms with Crippen LogP contribution in [0.5, 0.6) is 11.5 Å². The summed E-state index contributed by atoms with van der Waals surface area (Å²) in [5.74, 6) is 2.08. The number of benzene rings is 2. The molecule has 2 aliphatic heterocycles. The summed E-state index contributed by atoms with van der Waals surface area (Å²) in [6.07, 6.45) is 2.35. The van der Waals surface area contributed by atoms with Gasteiger partial charge in [-0.05, 0) is 80.5 Å². The summed E-state index contributed by atoms with van der Waals surface area (Å²) in [4.78, 5) is 21.2. The first-order valence-electron chi connectivity index (χ1n) is 12.3. The summed E-state index contributed by atoms with van der Waals surface area (Å²) >= 11 is 0. The molecule has 1 saturated heterocycles. The largest absolute Gasteiger partial charge is 0.486 e. The van der Waals surface area contributed by atoms with E-state index in [0.717, 1.165) is 52.9 Å². The van der Waals surface area contributed by atoms with Gasteiger partial charge in [0.05, 0.1) is 12.2 Å². The van der Waals surface area contributed by atoms with Gasteiger partial charge in [-0.25, -0.2) is 4.52 Å². The van der Waals surface area contributed by atoms with Gasteiger partial charge in [0.25, 0.3) is 0 Å². The van der Waals surface area contributed by atoms with E-state index in [2.05, 4.69) is 15.2 Å². The standard InChI is InChI=1S/C27H28N6O3/c1-31(26(34)18-32-13-2-3-14-32)21-10-8-20(9-11-21)28-27-29-25-6-4-5-22(33(25)30-27)19-7-12-23-24(17-19)36-16-15-35-23/h4-12,17H,2-3,13-16,18H2,1H3,(H,28,30). The highest BCUT2D eigenvalue weighted by Gasteiger charge is 2.19. The van der Waals surface area contributed by atoms with Crippen molar-refractivity contribution in [2.75, 3.05) is 50.1 Å². The molecule has 0 radical (unpaired) electrons. The lowest BCUT2D eigenvalue weighted by Gasteiger charge is -2.21. The zero-order valence-corrected chi connectivity index (χ0v) is 20.2. The minimum Gasteiger partial charge on any atom is -0.486 e. The molecule has 0 unspecified atom stereocenters. The first kappa shape index (κ1) is 22.4. The second kappa shape index (κ2) is 9.50. The molecular formula is C27H28N6O3. The van der Waals surface area contributed by atoms with Crippen LogP contribution in [0.4, 0.5) is 17.3 Å². The average Bonchev–Trinajstić information content (AvgIpc) is 3.57. The maximum absolute atomic E-state index is 12.6. The molecule has 1 fully saturated rings. The van der Waals surface area contributed by atoms with Crippen molar-refractivity contribution in [3.8, 4) is 22.8 Å². The number of fused-ring (bicyclic) bond motifs is 2. The van der Waals surface area contributed by atoms with Crippen molar-refractivity contribution in [2.45, 2.75) is 12.8 Å². The zero-order chi connectivity index (χ0) is 24.5. The Kier molecular flexibility index (Phi) is 5.90. The molecule has 0 saturated carbocycles. The fraction of sp³-hybridized carbons (Fsp3) is 0.296. The Labute approximate surface area is 209 Å². The predicted octanol–water partition coefficient (Wildman–Crippen LogP) is 3.97. The van der Waals surface area contributed by atoms with Crippen LogP contribution >= 0.6 is 0 Å². The molecule has 0 spiro atoms. The summed E-state index contributed by atoms with van der Waals surface area (Å²) in [5, 5.41) is 7.97. The fourth-order valence-electron chi connectivity index (χ4n) is 4.66. The van der Waals surface area contributed by atoms with Gasteiger partial charge in [-0.15, -0.1) is 5.10 Å². The molecule has 9 heteroatoms. The number of amides is 1. The number of carbonyl (C=O) groups excluding carboxylic acids is 1. The molecule has 2 aromatic carbocycles. The number of likely N-dealkylation sites (tertiary alicyclic amines) is 1. The van der Waals surface area contributed by atoms with Crippen molar-refractivity contribution in [3.05, 3.63) is 60.7 Å². The molecule has 36 heavy (non-hydrogen) atoms. The van der Waals surface area contributed by atoms with Crippen molar-refractivity contribution in [1.29, 1.82) is 0 Å². The van der Waals surface area contributed by atoms with Crippen molar-refractivity contribution in [2.24, 2.45) is 0 Å². The highest BCUT2D eigenvalue weighted by Crippen LogP contribution is 2.34. The van der Waals surface area contributed by atoms with Gasteiger partial charge in [0, 0.05) is 24.0 Å². The van der Waals surface area contributed by atoms with Gasteiger partial charge < -0.3 is 19.7 Å². The van der Waals surface area contributed by atoms with Gasteiger partial charge in [0.2, 0.25) is 11.9 Å². The molecule has 4 aromatic rings. The smallest absolute Gasteiger partial charge is 0.247 e. The third-order valence-corrected chi connectivity index (χ3v) is 6.64. The van der Waals surface area contributed by atoms with E-state index in [1.165, 1.54) is 12.8 Å². The minimum atomic E-state index is 0.103. The van der Waals surface area contributed by atoms with Crippen LogP contribution in [0.2, 0.25) is 0 Å². The molecule has 6 rings (SSSR count). The van der Waals surface area contributed by atoms with E-state index >= 15 is 0 Å². The molecule has 0 atom stereocenters. The van der Waals surface area contributed by atoms with E-state index in [1.54, 1.807) is 4.90 Å². The third-order valence-electron chi connectivity index (χ3n) is 6.64. The Bertz CT molecular complexity index is 1390. The highest BCUT2D eigenvalue weighted by atomic mass is 16.6. The number of nitrogens with zero attached hydrogens (tertiary/aromatic N) is 5. The lowest BCUT2D eigenvalue weighted by Crippen LogP contribution is -2.37. The molecule has 184 valence electrons. The van der Waals surface area contributed by atoms with Gasteiger partial charge in [0.15, 0.2) is 17.1 Å². The number of hydrogen-bond acceptors (Lipinski definition) is 7. The maximum Gasteiger partial charge on any atom is 0.247 e. The van der Waals surface area contributed by atoms with E-state index in [-0.39, 0.29) is 5.91 Å². The fourth-order valence-corrected chi connectivity index (χ4v) is 4.66. The van der Waals surface area contributed by atoms with Crippen LogP contribution in [0.1, 0.15) is 12.8 Å². The van der Waals surface area contributed by atoms with E-state index in [1.807, 2.05) is 72.2 Å².